The first-order valence-electron chi connectivity index (χ1n) is 6.28. The Kier molecular flexibility index (Phi) is 4.29. The van der Waals surface area contributed by atoms with Gasteiger partial charge in [0.15, 0.2) is 0 Å². The average molecular weight is 313 g/mol. The summed E-state index contributed by atoms with van der Waals surface area (Å²) < 4.78 is 30.8. The molecule has 114 valence electrons. The van der Waals surface area contributed by atoms with Crippen LogP contribution in [-0.2, 0) is 19.6 Å². The highest BCUT2D eigenvalue weighted by atomic mass is 32.2. The molecule has 7 nitrogen and oxygen atoms in total. The van der Waals surface area contributed by atoms with Gasteiger partial charge in [-0.15, -0.1) is 0 Å². The fourth-order valence-electron chi connectivity index (χ4n) is 2.31. The first kappa shape index (κ1) is 15.5. The van der Waals surface area contributed by atoms with Gasteiger partial charge in [-0.25, -0.2) is 13.2 Å². The lowest BCUT2D eigenvalue weighted by molar-refractivity contribution is -0.144. The van der Waals surface area contributed by atoms with Gasteiger partial charge in [0.05, 0.1) is 23.5 Å². The maximum Gasteiger partial charge on any atom is 0.337 e. The Morgan fingerprint density at radius 2 is 2.00 bits per heavy atom. The number of hydrogen-bond donors (Lipinski definition) is 1. The zero-order valence-electron chi connectivity index (χ0n) is 11.4. The summed E-state index contributed by atoms with van der Waals surface area (Å²) in [6.45, 7) is 0.166. The molecule has 1 aliphatic rings. The van der Waals surface area contributed by atoms with Gasteiger partial charge in [-0.3, -0.25) is 4.79 Å². The normalized spacial score (nSPS) is 19.4. The van der Waals surface area contributed by atoms with E-state index in [-0.39, 0.29) is 23.5 Å². The number of nitrogens with zero attached hydrogens (tertiary/aromatic N) is 1. The van der Waals surface area contributed by atoms with Gasteiger partial charge in [-0.1, -0.05) is 12.1 Å². The summed E-state index contributed by atoms with van der Waals surface area (Å²) in [5.41, 5.74) is -0.279. The molecule has 0 radical (unpaired) electrons. The first-order chi connectivity index (χ1) is 9.87. The fraction of sp³-hybridized carbons (Fsp3) is 0.385. The van der Waals surface area contributed by atoms with E-state index in [1.165, 1.54) is 31.4 Å². The minimum Gasteiger partial charge on any atom is -0.478 e. The van der Waals surface area contributed by atoms with Crippen LogP contribution in [0.5, 0.6) is 0 Å². The third kappa shape index (κ3) is 2.91. The number of esters is 1. The maximum atomic E-state index is 12.5. The molecule has 21 heavy (non-hydrogen) atoms. The number of carboxylic acids is 1. The summed E-state index contributed by atoms with van der Waals surface area (Å²) >= 11 is 0. The topological polar surface area (TPSA) is 101 Å². The number of aromatic carboxylic acids is 1. The monoisotopic (exact) mass is 313 g/mol. The van der Waals surface area contributed by atoms with Crippen molar-refractivity contribution in [3.8, 4) is 0 Å². The van der Waals surface area contributed by atoms with E-state index < -0.39 is 27.9 Å². The number of carbonyl (C=O) groups is 2. The van der Waals surface area contributed by atoms with Crippen LogP contribution in [0.3, 0.4) is 0 Å². The second-order valence-electron chi connectivity index (χ2n) is 4.67. The van der Waals surface area contributed by atoms with Crippen molar-refractivity contribution < 1.29 is 27.9 Å². The number of ether oxygens (including phenoxy) is 1. The molecule has 0 spiro atoms. The summed E-state index contributed by atoms with van der Waals surface area (Å²) in [6.07, 6.45) is 0.362. The van der Waals surface area contributed by atoms with E-state index in [2.05, 4.69) is 4.74 Å². The van der Waals surface area contributed by atoms with Crippen molar-refractivity contribution in [1.82, 2.24) is 4.31 Å². The quantitative estimate of drug-likeness (QED) is 0.815. The van der Waals surface area contributed by atoms with E-state index in [4.69, 9.17) is 5.11 Å². The number of sulfonamides is 1. The lowest BCUT2D eigenvalue weighted by atomic mass is 10.1. The van der Waals surface area contributed by atoms with E-state index in [0.717, 1.165) is 4.31 Å². The third-order valence-electron chi connectivity index (χ3n) is 3.42. The Balaban J connectivity index is 2.32. The van der Waals surface area contributed by atoms with Crippen LogP contribution in [0.2, 0.25) is 0 Å². The third-order valence-corrected chi connectivity index (χ3v) is 5.34. The minimum absolute atomic E-state index is 0.00294. The highest BCUT2D eigenvalue weighted by molar-refractivity contribution is 7.89. The molecule has 1 fully saturated rings. The average Bonchev–Trinajstić information content (AvgIpc) is 2.97. The van der Waals surface area contributed by atoms with E-state index in [9.17, 15) is 18.0 Å². The zero-order valence-corrected chi connectivity index (χ0v) is 12.2. The molecule has 1 N–H and O–H groups in total. The molecule has 1 aromatic carbocycles. The van der Waals surface area contributed by atoms with Crippen molar-refractivity contribution in [2.75, 3.05) is 20.2 Å². The second kappa shape index (κ2) is 5.82. The predicted molar refractivity (Wildman–Crippen MR) is 72.3 cm³/mol. The van der Waals surface area contributed by atoms with Gasteiger partial charge in [-0.2, -0.15) is 4.31 Å². The molecule has 1 aromatic rings. The molecule has 0 aromatic heterocycles. The summed E-state index contributed by atoms with van der Waals surface area (Å²) in [7, 11) is -2.70. The fourth-order valence-corrected chi connectivity index (χ4v) is 4.00. The molecule has 1 unspecified atom stereocenters. The molecular weight excluding hydrogens is 298 g/mol. The highest BCUT2D eigenvalue weighted by Crippen LogP contribution is 2.27. The van der Waals surface area contributed by atoms with Crippen molar-refractivity contribution in [3.63, 3.8) is 0 Å². The van der Waals surface area contributed by atoms with Crippen LogP contribution in [-0.4, -0.2) is 50.0 Å². The number of carbonyl (C=O) groups excluding carboxylic acids is 1. The molecule has 1 saturated heterocycles. The lowest BCUT2D eigenvalue weighted by Crippen LogP contribution is -2.31. The Hall–Kier alpha value is -1.93. The van der Waals surface area contributed by atoms with Crippen LogP contribution < -0.4 is 0 Å². The van der Waals surface area contributed by atoms with E-state index in [1.807, 2.05) is 0 Å². The van der Waals surface area contributed by atoms with Gasteiger partial charge in [0, 0.05) is 13.1 Å². The Morgan fingerprint density at radius 3 is 2.62 bits per heavy atom. The van der Waals surface area contributed by atoms with Crippen molar-refractivity contribution >= 4 is 22.0 Å². The van der Waals surface area contributed by atoms with Crippen molar-refractivity contribution in [1.29, 1.82) is 0 Å². The second-order valence-corrected chi connectivity index (χ2v) is 6.58. The Morgan fingerprint density at radius 1 is 1.33 bits per heavy atom. The van der Waals surface area contributed by atoms with Crippen LogP contribution in [0.25, 0.3) is 0 Å². The molecule has 0 amide bonds. The van der Waals surface area contributed by atoms with Crippen LogP contribution in [0.4, 0.5) is 0 Å². The van der Waals surface area contributed by atoms with Crippen LogP contribution in [0, 0.1) is 5.92 Å². The molecule has 1 heterocycles. The van der Waals surface area contributed by atoms with Crippen LogP contribution in [0.15, 0.2) is 29.2 Å². The van der Waals surface area contributed by atoms with E-state index >= 15 is 0 Å². The van der Waals surface area contributed by atoms with Crippen molar-refractivity contribution in [3.05, 3.63) is 29.8 Å². The molecule has 0 saturated carbocycles. The standard InChI is InChI=1S/C13H15NO6S/c1-20-13(17)9-6-7-14(8-9)21(18,19)11-5-3-2-4-10(11)12(15)16/h2-5,9H,6-8H2,1H3,(H,15,16). The zero-order chi connectivity index (χ0) is 15.6. The molecule has 1 aliphatic heterocycles. The minimum atomic E-state index is -3.94. The van der Waals surface area contributed by atoms with Gasteiger partial charge in [0.25, 0.3) is 0 Å². The van der Waals surface area contributed by atoms with Gasteiger partial charge in [-0.05, 0) is 18.6 Å². The van der Waals surface area contributed by atoms with Crippen LogP contribution >= 0.6 is 0 Å². The molecule has 2 rings (SSSR count). The molecule has 0 aliphatic carbocycles. The van der Waals surface area contributed by atoms with E-state index in [0.29, 0.717) is 6.42 Å². The lowest BCUT2D eigenvalue weighted by Gasteiger charge is -2.17. The maximum absolute atomic E-state index is 12.5. The van der Waals surface area contributed by atoms with Crippen molar-refractivity contribution in [2.24, 2.45) is 5.92 Å². The smallest absolute Gasteiger partial charge is 0.337 e. The molecular formula is C13H15NO6S. The predicted octanol–water partition coefficient (Wildman–Crippen LogP) is 0.568. The highest BCUT2D eigenvalue weighted by Gasteiger charge is 2.37. The van der Waals surface area contributed by atoms with Crippen molar-refractivity contribution in [2.45, 2.75) is 11.3 Å². The first-order valence-corrected chi connectivity index (χ1v) is 7.72. The SMILES string of the molecule is COC(=O)C1CCN(S(=O)(=O)c2ccccc2C(=O)O)C1. The number of carboxylic acid groups (broad SMARTS) is 1. The van der Waals surface area contributed by atoms with Gasteiger partial charge < -0.3 is 9.84 Å². The van der Waals surface area contributed by atoms with Gasteiger partial charge >= 0.3 is 11.9 Å². The Labute approximate surface area is 122 Å². The van der Waals surface area contributed by atoms with Crippen LogP contribution in [0.1, 0.15) is 16.8 Å². The summed E-state index contributed by atoms with van der Waals surface area (Å²) in [4.78, 5) is 22.3. The summed E-state index contributed by atoms with van der Waals surface area (Å²) in [6, 6.07) is 5.42. The molecule has 8 heteroatoms. The number of benzene rings is 1. The number of rotatable bonds is 4. The van der Waals surface area contributed by atoms with Gasteiger partial charge in [0.1, 0.15) is 0 Å². The summed E-state index contributed by atoms with van der Waals surface area (Å²) in [5, 5.41) is 9.09. The summed E-state index contributed by atoms with van der Waals surface area (Å²) in [5.74, 6) is -2.28. The number of methoxy groups -OCH3 is 1. The largest absolute Gasteiger partial charge is 0.478 e. The number of hydrogen-bond acceptors (Lipinski definition) is 5. The van der Waals surface area contributed by atoms with Gasteiger partial charge in [0.2, 0.25) is 10.0 Å². The van der Waals surface area contributed by atoms with E-state index in [1.54, 1.807) is 0 Å². The Bertz CT molecular complexity index is 669. The molecule has 0 bridgehead atoms. The molecule has 1 atom stereocenters.